The van der Waals surface area contributed by atoms with Gasteiger partial charge in [0.25, 0.3) is 5.91 Å². The lowest BCUT2D eigenvalue weighted by Crippen LogP contribution is -2.23. The molecule has 1 amide bonds. The first-order chi connectivity index (χ1) is 15.1. The summed E-state index contributed by atoms with van der Waals surface area (Å²) in [6.45, 7) is 3.06. The average molecular weight is 421 g/mol. The molecular weight excluding hydrogens is 394 g/mol. The molecule has 0 spiro atoms. The van der Waals surface area contributed by atoms with E-state index in [9.17, 15) is 4.79 Å². The predicted molar refractivity (Wildman–Crippen MR) is 119 cm³/mol. The van der Waals surface area contributed by atoms with Crippen LogP contribution in [-0.2, 0) is 13.2 Å². The number of methoxy groups -OCH3 is 2. The van der Waals surface area contributed by atoms with Gasteiger partial charge in [-0.15, -0.1) is 0 Å². The van der Waals surface area contributed by atoms with Gasteiger partial charge in [-0.1, -0.05) is 24.3 Å². The van der Waals surface area contributed by atoms with Crippen molar-refractivity contribution in [1.82, 2.24) is 5.32 Å². The fourth-order valence-corrected chi connectivity index (χ4v) is 3.11. The Morgan fingerprint density at radius 2 is 1.61 bits per heavy atom. The SMILES string of the molecule is CCOc1ccc(C(=O)NCc2ccccc2OC)cc1COc1cccc(OC)c1. The largest absolute Gasteiger partial charge is 0.497 e. The summed E-state index contributed by atoms with van der Waals surface area (Å²) in [7, 11) is 3.22. The van der Waals surface area contributed by atoms with Crippen LogP contribution in [0.4, 0.5) is 0 Å². The van der Waals surface area contributed by atoms with Crippen LogP contribution in [0.2, 0.25) is 0 Å². The molecule has 0 bridgehead atoms. The van der Waals surface area contributed by atoms with E-state index >= 15 is 0 Å². The Kier molecular flexibility index (Phi) is 7.76. The predicted octanol–water partition coefficient (Wildman–Crippen LogP) is 4.61. The highest BCUT2D eigenvalue weighted by molar-refractivity contribution is 5.94. The van der Waals surface area contributed by atoms with Crippen molar-refractivity contribution >= 4 is 5.91 Å². The van der Waals surface area contributed by atoms with Crippen LogP contribution in [0.25, 0.3) is 0 Å². The number of amides is 1. The second-order valence-corrected chi connectivity index (χ2v) is 6.72. The standard InChI is InChI=1S/C25H27NO5/c1-4-30-24-13-12-18(25(27)26-16-19-8-5-6-11-23(19)29-3)14-20(24)17-31-22-10-7-9-21(15-22)28-2/h5-15H,4,16-17H2,1-3H3,(H,26,27). The summed E-state index contributed by atoms with van der Waals surface area (Å²) in [6, 6.07) is 20.3. The molecule has 3 aromatic rings. The van der Waals surface area contributed by atoms with E-state index < -0.39 is 0 Å². The van der Waals surface area contributed by atoms with Gasteiger partial charge in [0.15, 0.2) is 0 Å². The number of rotatable bonds is 10. The van der Waals surface area contributed by atoms with Gasteiger partial charge in [0.2, 0.25) is 0 Å². The highest BCUT2D eigenvalue weighted by Gasteiger charge is 2.12. The Morgan fingerprint density at radius 1 is 0.806 bits per heavy atom. The first-order valence-electron chi connectivity index (χ1n) is 10.1. The highest BCUT2D eigenvalue weighted by Crippen LogP contribution is 2.25. The van der Waals surface area contributed by atoms with E-state index in [-0.39, 0.29) is 12.5 Å². The molecule has 0 atom stereocenters. The maximum absolute atomic E-state index is 12.7. The third kappa shape index (κ3) is 5.92. The minimum absolute atomic E-state index is 0.184. The van der Waals surface area contributed by atoms with Crippen molar-refractivity contribution in [2.45, 2.75) is 20.1 Å². The van der Waals surface area contributed by atoms with Crippen molar-refractivity contribution in [3.05, 3.63) is 83.4 Å². The topological polar surface area (TPSA) is 66.0 Å². The Balaban J connectivity index is 1.72. The first-order valence-corrected chi connectivity index (χ1v) is 10.1. The number of nitrogens with one attached hydrogen (secondary N) is 1. The van der Waals surface area contributed by atoms with Crippen molar-refractivity contribution < 1.29 is 23.7 Å². The summed E-state index contributed by atoms with van der Waals surface area (Å²) >= 11 is 0. The molecule has 0 heterocycles. The average Bonchev–Trinajstić information content (AvgIpc) is 2.82. The minimum atomic E-state index is -0.184. The summed E-state index contributed by atoms with van der Waals surface area (Å²) in [5.74, 6) is 2.63. The Bertz CT molecular complexity index is 1020. The highest BCUT2D eigenvalue weighted by atomic mass is 16.5. The minimum Gasteiger partial charge on any atom is -0.497 e. The Hall–Kier alpha value is -3.67. The lowest BCUT2D eigenvalue weighted by molar-refractivity contribution is 0.0950. The van der Waals surface area contributed by atoms with Gasteiger partial charge in [-0.05, 0) is 43.3 Å². The first kappa shape index (κ1) is 22.0. The van der Waals surface area contributed by atoms with Crippen LogP contribution >= 0.6 is 0 Å². The second-order valence-electron chi connectivity index (χ2n) is 6.72. The maximum atomic E-state index is 12.7. The van der Waals surface area contributed by atoms with E-state index in [1.165, 1.54) is 0 Å². The summed E-state index contributed by atoms with van der Waals surface area (Å²) in [4.78, 5) is 12.7. The van der Waals surface area contributed by atoms with Crippen LogP contribution in [0.1, 0.15) is 28.4 Å². The van der Waals surface area contributed by atoms with Crippen molar-refractivity contribution in [2.24, 2.45) is 0 Å². The number of benzene rings is 3. The van der Waals surface area contributed by atoms with Gasteiger partial charge in [-0.25, -0.2) is 0 Å². The van der Waals surface area contributed by atoms with Crippen molar-refractivity contribution in [1.29, 1.82) is 0 Å². The molecule has 0 aliphatic rings. The molecule has 162 valence electrons. The van der Waals surface area contributed by atoms with Gasteiger partial charge < -0.3 is 24.3 Å². The summed E-state index contributed by atoms with van der Waals surface area (Å²) in [5.41, 5.74) is 2.23. The Morgan fingerprint density at radius 3 is 2.39 bits per heavy atom. The van der Waals surface area contributed by atoms with Crippen LogP contribution in [0, 0.1) is 0 Å². The van der Waals surface area contributed by atoms with Crippen LogP contribution in [0.5, 0.6) is 23.0 Å². The lowest BCUT2D eigenvalue weighted by atomic mass is 10.1. The molecule has 3 aromatic carbocycles. The summed E-state index contributed by atoms with van der Waals surface area (Å²) in [6.07, 6.45) is 0. The molecule has 31 heavy (non-hydrogen) atoms. The number of carbonyl (C=O) groups is 1. The van der Waals surface area contributed by atoms with Crippen molar-refractivity contribution in [3.63, 3.8) is 0 Å². The van der Waals surface area contributed by atoms with Gasteiger partial charge in [0.05, 0.1) is 20.8 Å². The van der Waals surface area contributed by atoms with E-state index in [1.807, 2.05) is 55.5 Å². The molecule has 0 saturated carbocycles. The molecule has 6 heteroatoms. The van der Waals surface area contributed by atoms with Gasteiger partial charge in [-0.2, -0.15) is 0 Å². The zero-order valence-electron chi connectivity index (χ0n) is 18.0. The summed E-state index contributed by atoms with van der Waals surface area (Å²) < 4.78 is 22.2. The van der Waals surface area contributed by atoms with Crippen LogP contribution in [0.15, 0.2) is 66.7 Å². The van der Waals surface area contributed by atoms with Gasteiger partial charge in [-0.3, -0.25) is 4.79 Å². The molecule has 0 fully saturated rings. The maximum Gasteiger partial charge on any atom is 0.251 e. The van der Waals surface area contributed by atoms with Crippen LogP contribution in [-0.4, -0.2) is 26.7 Å². The van der Waals surface area contributed by atoms with Gasteiger partial charge >= 0.3 is 0 Å². The molecule has 0 radical (unpaired) electrons. The lowest BCUT2D eigenvalue weighted by Gasteiger charge is -2.14. The molecule has 0 unspecified atom stereocenters. The van der Waals surface area contributed by atoms with E-state index in [0.29, 0.717) is 36.0 Å². The van der Waals surface area contributed by atoms with Crippen molar-refractivity contribution in [3.8, 4) is 23.0 Å². The number of para-hydroxylation sites is 1. The monoisotopic (exact) mass is 421 g/mol. The number of hydrogen-bond donors (Lipinski definition) is 1. The quantitative estimate of drug-likeness (QED) is 0.518. The third-order valence-electron chi connectivity index (χ3n) is 4.69. The number of carbonyl (C=O) groups excluding carboxylic acids is 1. The number of hydrogen-bond acceptors (Lipinski definition) is 5. The summed E-state index contributed by atoms with van der Waals surface area (Å²) in [5, 5.41) is 2.94. The zero-order chi connectivity index (χ0) is 22.1. The van der Waals surface area contributed by atoms with Gasteiger partial charge in [0, 0.05) is 29.3 Å². The second kappa shape index (κ2) is 10.9. The molecule has 3 rings (SSSR count). The van der Waals surface area contributed by atoms with Gasteiger partial charge in [0.1, 0.15) is 29.6 Å². The molecular formula is C25H27NO5. The van der Waals surface area contributed by atoms with Crippen LogP contribution < -0.4 is 24.3 Å². The van der Waals surface area contributed by atoms with Crippen LogP contribution in [0.3, 0.4) is 0 Å². The third-order valence-corrected chi connectivity index (χ3v) is 4.69. The fraction of sp³-hybridized carbons (Fsp3) is 0.240. The molecule has 0 aromatic heterocycles. The molecule has 6 nitrogen and oxygen atoms in total. The normalized spacial score (nSPS) is 10.3. The molecule has 0 aliphatic heterocycles. The number of ether oxygens (including phenoxy) is 4. The van der Waals surface area contributed by atoms with E-state index in [4.69, 9.17) is 18.9 Å². The zero-order valence-corrected chi connectivity index (χ0v) is 18.0. The molecule has 1 N–H and O–H groups in total. The smallest absolute Gasteiger partial charge is 0.251 e. The van der Waals surface area contributed by atoms with E-state index in [1.54, 1.807) is 32.4 Å². The van der Waals surface area contributed by atoms with E-state index in [2.05, 4.69) is 5.32 Å². The molecule has 0 saturated heterocycles. The fourth-order valence-electron chi connectivity index (χ4n) is 3.11. The Labute approximate surface area is 182 Å². The van der Waals surface area contributed by atoms with E-state index in [0.717, 1.165) is 16.9 Å². The van der Waals surface area contributed by atoms with Crippen molar-refractivity contribution in [2.75, 3.05) is 20.8 Å². The molecule has 0 aliphatic carbocycles.